The quantitative estimate of drug-likeness (QED) is 0.519. The van der Waals surface area contributed by atoms with Crippen molar-refractivity contribution in [1.82, 2.24) is 4.98 Å². The van der Waals surface area contributed by atoms with E-state index in [-0.39, 0.29) is 22.7 Å². The highest BCUT2D eigenvalue weighted by Crippen LogP contribution is 2.27. The summed E-state index contributed by atoms with van der Waals surface area (Å²) in [5.74, 6) is -1.22. The molecule has 30 heavy (non-hydrogen) atoms. The van der Waals surface area contributed by atoms with Crippen molar-refractivity contribution in [2.45, 2.75) is 32.1 Å². The van der Waals surface area contributed by atoms with Crippen LogP contribution in [0.1, 0.15) is 42.5 Å². The topological polar surface area (TPSA) is 71.1 Å². The number of carbonyl (C=O) groups excluding carboxylic acids is 2. The maximum absolute atomic E-state index is 14.3. The highest BCUT2D eigenvalue weighted by atomic mass is 35.5. The monoisotopic (exact) mass is 425 g/mol. The van der Waals surface area contributed by atoms with Crippen molar-refractivity contribution in [3.63, 3.8) is 0 Å². The first-order valence-corrected chi connectivity index (χ1v) is 10.4. The lowest BCUT2D eigenvalue weighted by atomic mass is 9.88. The van der Waals surface area contributed by atoms with Gasteiger partial charge in [0, 0.05) is 17.0 Å². The Hall–Kier alpha value is -2.99. The Morgan fingerprint density at radius 1 is 1.00 bits per heavy atom. The fourth-order valence-corrected chi connectivity index (χ4v) is 4.03. The summed E-state index contributed by atoms with van der Waals surface area (Å²) in [5, 5.41) is 6.30. The van der Waals surface area contributed by atoms with Crippen LogP contribution in [0.5, 0.6) is 0 Å². The van der Waals surface area contributed by atoms with Crippen molar-refractivity contribution in [2.24, 2.45) is 5.92 Å². The minimum Gasteiger partial charge on any atom is -0.323 e. The largest absolute Gasteiger partial charge is 0.323 e. The molecule has 154 valence electrons. The molecule has 2 aromatic carbocycles. The van der Waals surface area contributed by atoms with Crippen LogP contribution in [0.2, 0.25) is 5.15 Å². The van der Waals surface area contributed by atoms with Crippen LogP contribution in [0.15, 0.2) is 48.5 Å². The average Bonchev–Trinajstić information content (AvgIpc) is 2.76. The zero-order chi connectivity index (χ0) is 21.1. The number of halogens is 2. The molecular weight excluding hydrogens is 405 g/mol. The van der Waals surface area contributed by atoms with Gasteiger partial charge < -0.3 is 10.6 Å². The molecule has 4 rings (SSSR count). The van der Waals surface area contributed by atoms with Crippen molar-refractivity contribution < 1.29 is 14.0 Å². The molecule has 2 N–H and O–H groups in total. The molecule has 1 aromatic heterocycles. The minimum absolute atomic E-state index is 0.0565. The number of carbonyl (C=O) groups is 2. The highest BCUT2D eigenvalue weighted by molar-refractivity contribution is 6.30. The molecule has 0 bridgehead atoms. The summed E-state index contributed by atoms with van der Waals surface area (Å²) >= 11 is 6.06. The molecule has 1 heterocycles. The molecule has 1 saturated carbocycles. The van der Waals surface area contributed by atoms with E-state index in [0.717, 1.165) is 32.1 Å². The lowest BCUT2D eigenvalue weighted by Crippen LogP contribution is -2.25. The van der Waals surface area contributed by atoms with E-state index < -0.39 is 11.7 Å². The number of hydrogen-bond acceptors (Lipinski definition) is 3. The zero-order valence-corrected chi connectivity index (χ0v) is 17.0. The average molecular weight is 426 g/mol. The first-order chi connectivity index (χ1) is 14.5. The number of fused-ring (bicyclic) bond motifs is 1. The second-order valence-electron chi connectivity index (χ2n) is 7.48. The molecule has 0 spiro atoms. The Kier molecular flexibility index (Phi) is 5.95. The van der Waals surface area contributed by atoms with Crippen LogP contribution in [-0.2, 0) is 4.79 Å². The summed E-state index contributed by atoms with van der Waals surface area (Å²) in [7, 11) is 0. The van der Waals surface area contributed by atoms with Gasteiger partial charge in [-0.15, -0.1) is 0 Å². The SMILES string of the molecule is O=C(Nc1ccc(F)c(NC(=O)C2CCCCC2)c1)c1cc(Cl)nc2ccccc12. The van der Waals surface area contributed by atoms with E-state index in [2.05, 4.69) is 15.6 Å². The van der Waals surface area contributed by atoms with Gasteiger partial charge in [-0.1, -0.05) is 49.1 Å². The smallest absolute Gasteiger partial charge is 0.256 e. The molecule has 1 aliphatic rings. The minimum atomic E-state index is -0.547. The lowest BCUT2D eigenvalue weighted by molar-refractivity contribution is -0.120. The van der Waals surface area contributed by atoms with E-state index in [1.165, 1.54) is 24.3 Å². The van der Waals surface area contributed by atoms with E-state index in [1.54, 1.807) is 12.1 Å². The number of amides is 2. The Balaban J connectivity index is 1.55. The third-order valence-electron chi connectivity index (χ3n) is 5.39. The van der Waals surface area contributed by atoms with E-state index in [1.807, 2.05) is 12.1 Å². The molecule has 0 unspecified atom stereocenters. The number of aromatic nitrogens is 1. The van der Waals surface area contributed by atoms with Gasteiger partial charge in [0.1, 0.15) is 11.0 Å². The maximum Gasteiger partial charge on any atom is 0.256 e. The Morgan fingerprint density at radius 2 is 1.77 bits per heavy atom. The van der Waals surface area contributed by atoms with E-state index in [0.29, 0.717) is 22.2 Å². The van der Waals surface area contributed by atoms with Gasteiger partial charge >= 0.3 is 0 Å². The summed E-state index contributed by atoms with van der Waals surface area (Å²) in [6, 6.07) is 12.8. The number of rotatable bonds is 4. The number of anilines is 2. The third-order valence-corrected chi connectivity index (χ3v) is 5.58. The Bertz CT molecular complexity index is 1110. The third kappa shape index (κ3) is 4.44. The molecule has 1 fully saturated rings. The first kappa shape index (κ1) is 20.3. The van der Waals surface area contributed by atoms with E-state index in [4.69, 9.17) is 11.6 Å². The lowest BCUT2D eigenvalue weighted by Gasteiger charge is -2.21. The summed E-state index contributed by atoms with van der Waals surface area (Å²) in [5.41, 5.74) is 1.40. The predicted molar refractivity (Wildman–Crippen MR) is 116 cm³/mol. The second-order valence-corrected chi connectivity index (χ2v) is 7.87. The fraction of sp³-hybridized carbons (Fsp3) is 0.261. The highest BCUT2D eigenvalue weighted by Gasteiger charge is 2.22. The van der Waals surface area contributed by atoms with Gasteiger partial charge in [0.2, 0.25) is 5.91 Å². The van der Waals surface area contributed by atoms with Crippen molar-refractivity contribution in [2.75, 3.05) is 10.6 Å². The molecule has 2 amide bonds. The maximum atomic E-state index is 14.3. The number of para-hydroxylation sites is 1. The van der Waals surface area contributed by atoms with Crippen molar-refractivity contribution >= 4 is 45.7 Å². The van der Waals surface area contributed by atoms with E-state index in [9.17, 15) is 14.0 Å². The van der Waals surface area contributed by atoms with Gasteiger partial charge in [-0.2, -0.15) is 0 Å². The summed E-state index contributed by atoms with van der Waals surface area (Å²) in [6.45, 7) is 0. The molecule has 0 saturated heterocycles. The van der Waals surface area contributed by atoms with Gasteiger partial charge in [-0.05, 0) is 43.2 Å². The van der Waals surface area contributed by atoms with Crippen LogP contribution in [0, 0.1) is 11.7 Å². The summed E-state index contributed by atoms with van der Waals surface area (Å²) in [4.78, 5) is 29.6. The normalized spacial score (nSPS) is 14.5. The van der Waals surface area contributed by atoms with Gasteiger partial charge in [-0.3, -0.25) is 9.59 Å². The molecule has 0 radical (unpaired) electrons. The van der Waals surface area contributed by atoms with Crippen LogP contribution in [0.3, 0.4) is 0 Å². The molecule has 7 heteroatoms. The van der Waals surface area contributed by atoms with Crippen LogP contribution in [0.4, 0.5) is 15.8 Å². The number of nitrogens with zero attached hydrogens (tertiary/aromatic N) is 1. The molecular formula is C23H21ClFN3O2. The second kappa shape index (κ2) is 8.79. The Labute approximate surface area is 178 Å². The van der Waals surface area contributed by atoms with Gasteiger partial charge in [-0.25, -0.2) is 9.37 Å². The summed E-state index contributed by atoms with van der Waals surface area (Å²) < 4.78 is 14.3. The predicted octanol–water partition coefficient (Wildman–Crippen LogP) is 5.80. The first-order valence-electron chi connectivity index (χ1n) is 9.98. The van der Waals surface area contributed by atoms with Crippen LogP contribution in [0.25, 0.3) is 10.9 Å². The number of pyridine rings is 1. The molecule has 1 aliphatic carbocycles. The van der Waals surface area contributed by atoms with Crippen molar-refractivity contribution in [3.05, 3.63) is 65.1 Å². The van der Waals surface area contributed by atoms with Gasteiger partial charge in [0.05, 0.1) is 16.8 Å². The Morgan fingerprint density at radius 3 is 2.57 bits per heavy atom. The van der Waals surface area contributed by atoms with Crippen molar-refractivity contribution in [1.29, 1.82) is 0 Å². The number of hydrogen-bond donors (Lipinski definition) is 2. The molecule has 0 atom stereocenters. The number of nitrogens with one attached hydrogen (secondary N) is 2. The van der Waals surface area contributed by atoms with Crippen LogP contribution < -0.4 is 10.6 Å². The molecule has 5 nitrogen and oxygen atoms in total. The van der Waals surface area contributed by atoms with Crippen molar-refractivity contribution in [3.8, 4) is 0 Å². The summed E-state index contributed by atoms with van der Waals surface area (Å²) in [6.07, 6.45) is 4.80. The molecule has 0 aliphatic heterocycles. The fourth-order valence-electron chi connectivity index (χ4n) is 3.83. The zero-order valence-electron chi connectivity index (χ0n) is 16.3. The van der Waals surface area contributed by atoms with Gasteiger partial charge in [0.25, 0.3) is 5.91 Å². The molecule has 3 aromatic rings. The van der Waals surface area contributed by atoms with E-state index >= 15 is 0 Å². The van der Waals surface area contributed by atoms with Gasteiger partial charge in [0.15, 0.2) is 0 Å². The number of benzene rings is 2. The standard InChI is InChI=1S/C23H21ClFN3O2/c24-21-13-17(16-8-4-5-9-19(16)27-21)23(30)26-15-10-11-18(25)20(12-15)28-22(29)14-6-2-1-3-7-14/h4-5,8-14H,1-3,6-7H2,(H,26,30)(H,28,29). The van der Waals surface area contributed by atoms with Crippen LogP contribution >= 0.6 is 11.6 Å². The van der Waals surface area contributed by atoms with Crippen LogP contribution in [-0.4, -0.2) is 16.8 Å².